The van der Waals surface area contributed by atoms with Crippen molar-refractivity contribution in [3.8, 4) is 5.75 Å². The lowest BCUT2D eigenvalue weighted by Crippen LogP contribution is -2.38. The molecule has 1 atom stereocenters. The number of hydrogen-bond donors (Lipinski definition) is 2. The van der Waals surface area contributed by atoms with Gasteiger partial charge >= 0.3 is 0 Å². The molecule has 1 aliphatic rings. The van der Waals surface area contributed by atoms with E-state index < -0.39 is 0 Å². The van der Waals surface area contributed by atoms with Gasteiger partial charge in [-0.15, -0.1) is 0 Å². The highest BCUT2D eigenvalue weighted by atomic mass is 16.5. The zero-order valence-electron chi connectivity index (χ0n) is 11.1. The Hall–Kier alpha value is -1.55. The molecule has 0 saturated carbocycles. The SMILES string of the molecule is CC(NCc1cccc2c1OC(C)(C)C2)C(N)=O. The lowest BCUT2D eigenvalue weighted by atomic mass is 10.0. The van der Waals surface area contributed by atoms with Gasteiger partial charge in [0, 0.05) is 18.5 Å². The van der Waals surface area contributed by atoms with Gasteiger partial charge in [-0.25, -0.2) is 0 Å². The molecule has 1 aliphatic heterocycles. The first-order valence-corrected chi connectivity index (χ1v) is 6.21. The number of primary amides is 1. The van der Waals surface area contributed by atoms with Crippen molar-refractivity contribution in [1.29, 1.82) is 0 Å². The van der Waals surface area contributed by atoms with Crippen molar-refractivity contribution in [2.75, 3.05) is 0 Å². The summed E-state index contributed by atoms with van der Waals surface area (Å²) in [7, 11) is 0. The molecule has 1 heterocycles. The molecule has 1 amide bonds. The number of benzene rings is 1. The number of carbonyl (C=O) groups excluding carboxylic acids is 1. The topological polar surface area (TPSA) is 64.3 Å². The number of ether oxygens (including phenoxy) is 1. The molecule has 4 heteroatoms. The third kappa shape index (κ3) is 2.64. The van der Waals surface area contributed by atoms with Crippen LogP contribution in [-0.4, -0.2) is 17.6 Å². The molecule has 0 aliphatic carbocycles. The molecule has 98 valence electrons. The highest BCUT2D eigenvalue weighted by Crippen LogP contribution is 2.37. The van der Waals surface area contributed by atoms with Gasteiger partial charge in [-0.05, 0) is 26.3 Å². The summed E-state index contributed by atoms with van der Waals surface area (Å²) < 4.78 is 5.96. The van der Waals surface area contributed by atoms with Crippen molar-refractivity contribution in [2.24, 2.45) is 5.73 Å². The van der Waals surface area contributed by atoms with E-state index in [4.69, 9.17) is 10.5 Å². The maximum Gasteiger partial charge on any atom is 0.234 e. The van der Waals surface area contributed by atoms with Crippen molar-refractivity contribution < 1.29 is 9.53 Å². The monoisotopic (exact) mass is 248 g/mol. The van der Waals surface area contributed by atoms with Crippen LogP contribution in [0.25, 0.3) is 0 Å². The maximum atomic E-state index is 11.0. The molecule has 0 saturated heterocycles. The Morgan fingerprint density at radius 3 is 2.94 bits per heavy atom. The first kappa shape index (κ1) is 12.9. The summed E-state index contributed by atoms with van der Waals surface area (Å²) in [5, 5.41) is 3.10. The van der Waals surface area contributed by atoms with Gasteiger partial charge in [-0.1, -0.05) is 18.2 Å². The summed E-state index contributed by atoms with van der Waals surface area (Å²) in [4.78, 5) is 11.0. The minimum Gasteiger partial charge on any atom is -0.487 e. The summed E-state index contributed by atoms with van der Waals surface area (Å²) in [5.41, 5.74) is 7.38. The molecule has 4 nitrogen and oxygen atoms in total. The maximum absolute atomic E-state index is 11.0. The highest BCUT2D eigenvalue weighted by molar-refractivity contribution is 5.79. The van der Waals surface area contributed by atoms with Crippen LogP contribution in [-0.2, 0) is 17.8 Å². The average molecular weight is 248 g/mol. The summed E-state index contributed by atoms with van der Waals surface area (Å²) in [6.07, 6.45) is 0.918. The third-order valence-electron chi connectivity index (χ3n) is 3.20. The van der Waals surface area contributed by atoms with Crippen LogP contribution in [0.2, 0.25) is 0 Å². The second-order valence-electron chi connectivity index (χ2n) is 5.45. The van der Waals surface area contributed by atoms with E-state index in [9.17, 15) is 4.79 Å². The van der Waals surface area contributed by atoms with Gasteiger partial charge in [-0.3, -0.25) is 4.79 Å². The molecule has 0 spiro atoms. The van der Waals surface area contributed by atoms with E-state index in [-0.39, 0.29) is 17.6 Å². The number of fused-ring (bicyclic) bond motifs is 1. The van der Waals surface area contributed by atoms with Gasteiger partial charge in [0.05, 0.1) is 6.04 Å². The molecule has 0 bridgehead atoms. The number of nitrogens with two attached hydrogens (primary N) is 1. The molecule has 1 unspecified atom stereocenters. The number of para-hydroxylation sites is 1. The lowest BCUT2D eigenvalue weighted by molar-refractivity contribution is -0.119. The fourth-order valence-electron chi connectivity index (χ4n) is 2.18. The molecule has 0 radical (unpaired) electrons. The Bertz CT molecular complexity index is 469. The quantitative estimate of drug-likeness (QED) is 0.845. The number of rotatable bonds is 4. The van der Waals surface area contributed by atoms with E-state index in [1.165, 1.54) is 5.56 Å². The number of hydrogen-bond acceptors (Lipinski definition) is 3. The minimum atomic E-state index is -0.344. The van der Waals surface area contributed by atoms with Gasteiger partial charge in [-0.2, -0.15) is 0 Å². The van der Waals surface area contributed by atoms with Crippen LogP contribution >= 0.6 is 0 Å². The normalized spacial score (nSPS) is 17.9. The molecular weight excluding hydrogens is 228 g/mol. The number of nitrogens with one attached hydrogen (secondary N) is 1. The fourth-order valence-corrected chi connectivity index (χ4v) is 2.18. The largest absolute Gasteiger partial charge is 0.487 e. The Morgan fingerprint density at radius 2 is 2.28 bits per heavy atom. The molecule has 1 aromatic carbocycles. The second kappa shape index (κ2) is 4.61. The van der Waals surface area contributed by atoms with Crippen LogP contribution in [0.4, 0.5) is 0 Å². The van der Waals surface area contributed by atoms with Gasteiger partial charge in [0.1, 0.15) is 11.4 Å². The molecule has 18 heavy (non-hydrogen) atoms. The highest BCUT2D eigenvalue weighted by Gasteiger charge is 2.31. The molecule has 1 aromatic rings. The van der Waals surface area contributed by atoms with Crippen LogP contribution in [0.5, 0.6) is 5.75 Å². The van der Waals surface area contributed by atoms with Gasteiger partial charge < -0.3 is 15.8 Å². The molecule has 2 rings (SSSR count). The summed E-state index contributed by atoms with van der Waals surface area (Å²) in [5.74, 6) is 0.607. The van der Waals surface area contributed by atoms with Gasteiger partial charge in [0.2, 0.25) is 5.91 Å². The van der Waals surface area contributed by atoms with Crippen LogP contribution in [0.3, 0.4) is 0 Å². The van der Waals surface area contributed by atoms with E-state index in [0.29, 0.717) is 6.54 Å². The van der Waals surface area contributed by atoms with Crippen molar-refractivity contribution in [1.82, 2.24) is 5.32 Å². The van der Waals surface area contributed by atoms with E-state index in [2.05, 4.69) is 25.2 Å². The van der Waals surface area contributed by atoms with E-state index in [1.54, 1.807) is 6.92 Å². The Kier molecular flexibility index (Phi) is 3.30. The number of carbonyl (C=O) groups is 1. The summed E-state index contributed by atoms with van der Waals surface area (Å²) in [6.45, 7) is 6.51. The van der Waals surface area contributed by atoms with Crippen LogP contribution in [0.15, 0.2) is 18.2 Å². The summed E-state index contributed by atoms with van der Waals surface area (Å²) >= 11 is 0. The lowest BCUT2D eigenvalue weighted by Gasteiger charge is -2.18. The van der Waals surface area contributed by atoms with Crippen molar-refractivity contribution in [3.63, 3.8) is 0 Å². The van der Waals surface area contributed by atoms with Crippen molar-refractivity contribution >= 4 is 5.91 Å². The molecule has 0 aromatic heterocycles. The molecule has 0 fully saturated rings. The van der Waals surface area contributed by atoms with Crippen molar-refractivity contribution in [3.05, 3.63) is 29.3 Å². The molecular formula is C14H20N2O2. The van der Waals surface area contributed by atoms with Crippen LogP contribution in [0.1, 0.15) is 31.9 Å². The number of amides is 1. The second-order valence-corrected chi connectivity index (χ2v) is 5.45. The third-order valence-corrected chi connectivity index (χ3v) is 3.20. The first-order valence-electron chi connectivity index (χ1n) is 6.21. The summed E-state index contributed by atoms with van der Waals surface area (Å²) in [6, 6.07) is 5.79. The first-order chi connectivity index (χ1) is 8.39. The fraction of sp³-hybridized carbons (Fsp3) is 0.500. The Morgan fingerprint density at radius 1 is 1.56 bits per heavy atom. The van der Waals surface area contributed by atoms with Gasteiger partial charge in [0.25, 0.3) is 0 Å². The van der Waals surface area contributed by atoms with Gasteiger partial charge in [0.15, 0.2) is 0 Å². The Balaban J connectivity index is 2.12. The van der Waals surface area contributed by atoms with E-state index in [1.807, 2.05) is 12.1 Å². The van der Waals surface area contributed by atoms with E-state index in [0.717, 1.165) is 17.7 Å². The minimum absolute atomic E-state index is 0.145. The predicted molar refractivity (Wildman–Crippen MR) is 70.3 cm³/mol. The standard InChI is InChI=1S/C14H20N2O2/c1-9(13(15)17)16-8-11-6-4-5-10-7-14(2,3)18-12(10)11/h4-6,9,16H,7-8H2,1-3H3,(H2,15,17). The average Bonchev–Trinajstić information content (AvgIpc) is 2.59. The zero-order chi connectivity index (χ0) is 13.3. The van der Waals surface area contributed by atoms with Crippen LogP contribution < -0.4 is 15.8 Å². The van der Waals surface area contributed by atoms with E-state index >= 15 is 0 Å². The smallest absolute Gasteiger partial charge is 0.234 e. The molecule has 3 N–H and O–H groups in total. The van der Waals surface area contributed by atoms with Crippen molar-refractivity contribution in [2.45, 2.75) is 45.4 Å². The Labute approximate surface area is 108 Å². The predicted octanol–water partition coefficient (Wildman–Crippen LogP) is 1.36. The van der Waals surface area contributed by atoms with Crippen LogP contribution in [0, 0.1) is 0 Å². The zero-order valence-corrected chi connectivity index (χ0v) is 11.1.